The highest BCUT2D eigenvalue weighted by molar-refractivity contribution is 7.91. The molecule has 0 aromatic heterocycles. The van der Waals surface area contributed by atoms with E-state index >= 15 is 0 Å². The second kappa shape index (κ2) is 4.14. The molecule has 2 atom stereocenters. The Morgan fingerprint density at radius 2 is 1.88 bits per heavy atom. The van der Waals surface area contributed by atoms with Gasteiger partial charge in [-0.3, -0.25) is 4.79 Å². The lowest BCUT2D eigenvalue weighted by atomic mass is 10.0. The van der Waals surface area contributed by atoms with Crippen LogP contribution in [-0.4, -0.2) is 30.9 Å². The molecule has 4 nitrogen and oxygen atoms in total. The van der Waals surface area contributed by atoms with E-state index in [4.69, 9.17) is 0 Å². The Morgan fingerprint density at radius 3 is 2.35 bits per heavy atom. The number of sulfone groups is 1. The first-order valence-corrected chi connectivity index (χ1v) is 7.41. The third-order valence-electron chi connectivity index (χ3n) is 3.14. The van der Waals surface area contributed by atoms with Crippen molar-refractivity contribution in [3.05, 3.63) is 35.9 Å². The van der Waals surface area contributed by atoms with Crippen molar-refractivity contribution in [2.75, 3.05) is 6.26 Å². The molecule has 0 spiro atoms. The molecule has 1 aliphatic rings. The molecule has 2 rings (SSSR count). The molecule has 1 amide bonds. The van der Waals surface area contributed by atoms with Gasteiger partial charge in [0.2, 0.25) is 5.91 Å². The molecule has 0 aliphatic carbocycles. The predicted molar refractivity (Wildman–Crippen MR) is 65.0 cm³/mol. The normalized spacial score (nSPS) is 22.1. The molecule has 1 heterocycles. The van der Waals surface area contributed by atoms with Gasteiger partial charge in [-0.15, -0.1) is 0 Å². The molecule has 1 unspecified atom stereocenters. The minimum absolute atomic E-state index is 0.100. The van der Waals surface area contributed by atoms with Crippen molar-refractivity contribution in [2.45, 2.75) is 24.8 Å². The average Bonchev–Trinajstić information content (AvgIpc) is 2.25. The Labute approximate surface area is 101 Å². The number of β-lactam (4-membered cyclic amide) rings is 1. The summed E-state index contributed by atoms with van der Waals surface area (Å²) in [6.45, 7) is 1.85. The van der Waals surface area contributed by atoms with Crippen LogP contribution in [0.3, 0.4) is 0 Å². The number of carbonyl (C=O) groups is 1. The van der Waals surface area contributed by atoms with Crippen LogP contribution in [0.5, 0.6) is 0 Å². The monoisotopic (exact) mass is 253 g/mol. The van der Waals surface area contributed by atoms with Crippen molar-refractivity contribution in [3.8, 4) is 0 Å². The Kier molecular flexibility index (Phi) is 2.95. The average molecular weight is 253 g/mol. The fourth-order valence-electron chi connectivity index (χ4n) is 2.12. The molecule has 0 saturated carbocycles. The molecule has 1 aromatic rings. The van der Waals surface area contributed by atoms with E-state index in [0.29, 0.717) is 0 Å². The third-order valence-corrected chi connectivity index (χ3v) is 4.52. The van der Waals surface area contributed by atoms with E-state index in [1.807, 2.05) is 37.3 Å². The Balaban J connectivity index is 2.25. The van der Waals surface area contributed by atoms with Gasteiger partial charge in [-0.05, 0) is 12.5 Å². The molecular formula is C12H15NO3S. The van der Waals surface area contributed by atoms with Crippen LogP contribution in [0, 0.1) is 0 Å². The highest BCUT2D eigenvalue weighted by Crippen LogP contribution is 2.33. The van der Waals surface area contributed by atoms with Crippen molar-refractivity contribution < 1.29 is 13.2 Å². The molecule has 1 aromatic carbocycles. The van der Waals surface area contributed by atoms with Crippen molar-refractivity contribution >= 4 is 15.7 Å². The highest BCUT2D eigenvalue weighted by atomic mass is 32.2. The maximum absolute atomic E-state index is 11.6. The fourth-order valence-corrected chi connectivity index (χ4v) is 3.27. The Morgan fingerprint density at radius 1 is 1.29 bits per heavy atom. The van der Waals surface area contributed by atoms with Gasteiger partial charge in [0.25, 0.3) is 0 Å². The second-order valence-electron chi connectivity index (χ2n) is 4.38. The molecule has 1 saturated heterocycles. The maximum Gasteiger partial charge on any atom is 0.227 e. The van der Waals surface area contributed by atoms with E-state index in [9.17, 15) is 13.2 Å². The van der Waals surface area contributed by atoms with E-state index in [1.54, 1.807) is 0 Å². The van der Waals surface area contributed by atoms with Gasteiger partial charge in [0.05, 0.1) is 12.5 Å². The van der Waals surface area contributed by atoms with Crippen LogP contribution in [0.2, 0.25) is 0 Å². The van der Waals surface area contributed by atoms with Crippen LogP contribution in [0.1, 0.15) is 24.9 Å². The molecule has 1 aliphatic heterocycles. The van der Waals surface area contributed by atoms with Gasteiger partial charge in [0.1, 0.15) is 5.37 Å². The molecule has 17 heavy (non-hydrogen) atoms. The number of hydrogen-bond acceptors (Lipinski definition) is 3. The lowest BCUT2D eigenvalue weighted by Gasteiger charge is -2.43. The van der Waals surface area contributed by atoms with Crippen molar-refractivity contribution in [2.24, 2.45) is 0 Å². The molecule has 0 radical (unpaired) electrons. The first-order valence-electron chi connectivity index (χ1n) is 5.46. The Hall–Kier alpha value is -1.36. The number of amides is 1. The van der Waals surface area contributed by atoms with Gasteiger partial charge in [0, 0.05) is 6.26 Å². The van der Waals surface area contributed by atoms with Gasteiger partial charge in [-0.1, -0.05) is 30.3 Å². The number of benzene rings is 1. The van der Waals surface area contributed by atoms with E-state index < -0.39 is 15.2 Å². The first kappa shape index (κ1) is 12.1. The number of carbonyl (C=O) groups excluding carboxylic acids is 1. The van der Waals surface area contributed by atoms with Gasteiger partial charge in [-0.2, -0.15) is 0 Å². The third kappa shape index (κ3) is 2.20. The summed E-state index contributed by atoms with van der Waals surface area (Å²) in [5.74, 6) is -0.100. The number of hydrogen-bond donors (Lipinski definition) is 0. The summed E-state index contributed by atoms with van der Waals surface area (Å²) in [6.07, 6.45) is 1.28. The maximum atomic E-state index is 11.6. The zero-order valence-electron chi connectivity index (χ0n) is 9.83. The van der Waals surface area contributed by atoms with Crippen molar-refractivity contribution in [1.29, 1.82) is 0 Å². The van der Waals surface area contributed by atoms with Crippen LogP contribution in [0.4, 0.5) is 0 Å². The SMILES string of the molecule is C[C@H](c1ccccc1)N1C(=O)CC1S(C)(=O)=O. The van der Waals surface area contributed by atoms with Crippen LogP contribution in [0.25, 0.3) is 0 Å². The van der Waals surface area contributed by atoms with Crippen molar-refractivity contribution in [3.63, 3.8) is 0 Å². The van der Waals surface area contributed by atoms with Crippen LogP contribution < -0.4 is 0 Å². The lowest BCUT2D eigenvalue weighted by molar-refractivity contribution is -0.145. The summed E-state index contributed by atoms with van der Waals surface area (Å²) in [4.78, 5) is 13.0. The number of rotatable bonds is 3. The summed E-state index contributed by atoms with van der Waals surface area (Å²) in [5, 5.41) is -0.662. The minimum atomic E-state index is -3.20. The second-order valence-corrected chi connectivity index (χ2v) is 6.58. The molecule has 0 N–H and O–H groups in total. The topological polar surface area (TPSA) is 54.5 Å². The van der Waals surface area contributed by atoms with Gasteiger partial charge < -0.3 is 4.90 Å². The standard InChI is InChI=1S/C12H15NO3S/c1-9(10-6-4-3-5-7-10)13-11(14)8-12(13)17(2,15)16/h3-7,9,12H,8H2,1-2H3/t9-,12?/m1/s1. The van der Waals surface area contributed by atoms with Crippen molar-refractivity contribution in [1.82, 2.24) is 4.90 Å². The molecule has 5 heteroatoms. The minimum Gasteiger partial charge on any atom is -0.318 e. The number of likely N-dealkylation sites (tertiary alicyclic amines) is 1. The van der Waals surface area contributed by atoms with E-state index in [0.717, 1.165) is 5.56 Å². The largest absolute Gasteiger partial charge is 0.318 e. The van der Waals surface area contributed by atoms with Crippen LogP contribution in [0.15, 0.2) is 30.3 Å². The first-order chi connectivity index (χ1) is 7.91. The van der Waals surface area contributed by atoms with E-state index in [2.05, 4.69) is 0 Å². The molecule has 92 valence electrons. The van der Waals surface area contributed by atoms with Gasteiger partial charge in [-0.25, -0.2) is 8.42 Å². The zero-order valence-corrected chi connectivity index (χ0v) is 10.6. The molecule has 0 bridgehead atoms. The fraction of sp³-hybridized carbons (Fsp3) is 0.417. The van der Waals surface area contributed by atoms with Gasteiger partial charge >= 0.3 is 0 Å². The molecular weight excluding hydrogens is 238 g/mol. The summed E-state index contributed by atoms with van der Waals surface area (Å²) >= 11 is 0. The van der Waals surface area contributed by atoms with Crippen LogP contribution >= 0.6 is 0 Å². The Bertz CT molecular complexity index is 524. The smallest absolute Gasteiger partial charge is 0.227 e. The van der Waals surface area contributed by atoms with E-state index in [1.165, 1.54) is 11.2 Å². The quantitative estimate of drug-likeness (QED) is 0.764. The highest BCUT2D eigenvalue weighted by Gasteiger charge is 2.45. The van der Waals surface area contributed by atoms with Crippen LogP contribution in [-0.2, 0) is 14.6 Å². The number of nitrogens with zero attached hydrogens (tertiary/aromatic N) is 1. The summed E-state index contributed by atoms with van der Waals surface area (Å²) in [5.41, 5.74) is 0.953. The summed E-state index contributed by atoms with van der Waals surface area (Å²) in [7, 11) is -3.20. The van der Waals surface area contributed by atoms with Gasteiger partial charge in [0.15, 0.2) is 9.84 Å². The predicted octanol–water partition coefficient (Wildman–Crippen LogP) is 1.35. The molecule has 1 fully saturated rings. The van der Waals surface area contributed by atoms with E-state index in [-0.39, 0.29) is 18.4 Å². The zero-order chi connectivity index (χ0) is 12.6. The lowest BCUT2D eigenvalue weighted by Crippen LogP contribution is -2.56. The summed E-state index contributed by atoms with van der Waals surface area (Å²) in [6, 6.07) is 9.25. The summed E-state index contributed by atoms with van der Waals surface area (Å²) < 4.78 is 23.0.